The van der Waals surface area contributed by atoms with Crippen molar-refractivity contribution in [2.75, 3.05) is 0 Å². The highest BCUT2D eigenvalue weighted by molar-refractivity contribution is 7.07. The number of aromatic nitrogens is 1. The predicted molar refractivity (Wildman–Crippen MR) is 123 cm³/mol. The van der Waals surface area contributed by atoms with E-state index < -0.39 is 4.92 Å². The minimum atomic E-state index is -0.547. The van der Waals surface area contributed by atoms with Gasteiger partial charge in [-0.2, -0.15) is 5.10 Å². The second-order valence-electron chi connectivity index (χ2n) is 6.11. The Hall–Kier alpha value is -2.91. The molecule has 0 N–H and O–H groups in total. The van der Waals surface area contributed by atoms with Gasteiger partial charge in [0.1, 0.15) is 10.7 Å². The van der Waals surface area contributed by atoms with Gasteiger partial charge in [-0.1, -0.05) is 40.9 Å². The van der Waals surface area contributed by atoms with Gasteiger partial charge in [0, 0.05) is 22.0 Å². The number of nitro benzene ring substituents is 1. The number of hydrogen-bond donors (Lipinski definition) is 0. The summed E-state index contributed by atoms with van der Waals surface area (Å²) in [6, 6.07) is 13.0. The Labute approximate surface area is 194 Å². The zero-order valence-corrected chi connectivity index (χ0v) is 18.5. The van der Waals surface area contributed by atoms with Gasteiger partial charge in [-0.05, 0) is 36.4 Å². The van der Waals surface area contributed by atoms with Gasteiger partial charge in [0.25, 0.3) is 5.69 Å². The topological polar surface area (TPSA) is 85.9 Å². The lowest BCUT2D eigenvalue weighted by Gasteiger charge is -2.02. The van der Waals surface area contributed by atoms with Crippen molar-refractivity contribution in [2.24, 2.45) is 10.1 Å². The molecule has 7 nitrogen and oxygen atoms in total. The highest BCUT2D eigenvalue weighted by Gasteiger charge is 2.13. The zero-order chi connectivity index (χ0) is 22.0. The van der Waals surface area contributed by atoms with Crippen LogP contribution in [0.1, 0.15) is 5.56 Å². The van der Waals surface area contributed by atoms with Crippen LogP contribution in [0.4, 0.5) is 11.4 Å². The van der Waals surface area contributed by atoms with Crippen LogP contribution in [0.25, 0.3) is 11.5 Å². The number of furan rings is 1. The molecule has 4 rings (SSSR count). The van der Waals surface area contributed by atoms with E-state index in [0.29, 0.717) is 37.6 Å². The smallest absolute Gasteiger partial charge is 0.288 e. The lowest BCUT2D eigenvalue weighted by atomic mass is 10.2. The van der Waals surface area contributed by atoms with E-state index >= 15 is 0 Å². The fourth-order valence-corrected chi connectivity index (χ4v) is 4.10. The SMILES string of the molecule is O=[N+]([O-])c1cc(C=Nn2c(-c3ccco3)csc2=Nc2ccc(Cl)cc2Cl)ccc1Cl. The second-order valence-corrected chi connectivity index (χ2v) is 8.20. The lowest BCUT2D eigenvalue weighted by Crippen LogP contribution is -2.11. The molecule has 0 amide bonds. The van der Waals surface area contributed by atoms with Crippen molar-refractivity contribution in [3.63, 3.8) is 0 Å². The molecule has 0 spiro atoms. The molecule has 0 aliphatic heterocycles. The summed E-state index contributed by atoms with van der Waals surface area (Å²) in [6.07, 6.45) is 3.03. The molecular formula is C20H11Cl3N4O3S. The lowest BCUT2D eigenvalue weighted by molar-refractivity contribution is -0.384. The average Bonchev–Trinajstić information content (AvgIpc) is 3.39. The summed E-state index contributed by atoms with van der Waals surface area (Å²) >= 11 is 19.4. The molecule has 0 aliphatic carbocycles. The van der Waals surface area contributed by atoms with E-state index in [-0.39, 0.29) is 10.7 Å². The van der Waals surface area contributed by atoms with Crippen molar-refractivity contribution in [2.45, 2.75) is 0 Å². The first-order valence-electron chi connectivity index (χ1n) is 8.65. The van der Waals surface area contributed by atoms with E-state index in [1.807, 2.05) is 5.38 Å². The fourth-order valence-electron chi connectivity index (χ4n) is 2.63. The summed E-state index contributed by atoms with van der Waals surface area (Å²) in [5.74, 6) is 0.583. The Morgan fingerprint density at radius 3 is 2.65 bits per heavy atom. The largest absolute Gasteiger partial charge is 0.463 e. The van der Waals surface area contributed by atoms with Gasteiger partial charge in [-0.3, -0.25) is 10.1 Å². The third kappa shape index (κ3) is 4.72. The highest BCUT2D eigenvalue weighted by atomic mass is 35.5. The minimum Gasteiger partial charge on any atom is -0.463 e. The molecule has 0 fully saturated rings. The molecule has 0 saturated heterocycles. The number of rotatable bonds is 5. The number of halogens is 3. The van der Waals surface area contributed by atoms with Crippen molar-refractivity contribution in [1.29, 1.82) is 0 Å². The van der Waals surface area contributed by atoms with E-state index in [1.165, 1.54) is 29.7 Å². The van der Waals surface area contributed by atoms with Crippen molar-refractivity contribution in [1.82, 2.24) is 4.68 Å². The van der Waals surface area contributed by atoms with Gasteiger partial charge in [0.2, 0.25) is 4.80 Å². The summed E-state index contributed by atoms with van der Waals surface area (Å²) < 4.78 is 7.07. The van der Waals surface area contributed by atoms with Crippen molar-refractivity contribution in [3.8, 4) is 11.5 Å². The molecule has 0 unspecified atom stereocenters. The minimum absolute atomic E-state index is 0.0506. The monoisotopic (exact) mass is 492 g/mol. The van der Waals surface area contributed by atoms with Gasteiger partial charge in [0.05, 0.1) is 28.1 Å². The Bertz CT molecular complexity index is 1360. The van der Waals surface area contributed by atoms with E-state index in [2.05, 4.69) is 10.1 Å². The first-order valence-corrected chi connectivity index (χ1v) is 10.7. The van der Waals surface area contributed by atoms with Gasteiger partial charge < -0.3 is 4.42 Å². The van der Waals surface area contributed by atoms with Crippen LogP contribution in [0, 0.1) is 10.1 Å². The van der Waals surface area contributed by atoms with Crippen LogP contribution in [0.3, 0.4) is 0 Å². The molecule has 0 saturated carbocycles. The van der Waals surface area contributed by atoms with E-state index in [4.69, 9.17) is 39.2 Å². The standard InChI is InChI=1S/C20H11Cl3N4O3S/c21-13-4-6-16(15(23)9-13)25-20-26(18(11-31-20)19-2-1-7-30-19)24-10-12-3-5-14(22)17(8-12)27(28)29/h1-11H. The predicted octanol–water partition coefficient (Wildman–Crippen LogP) is 6.79. The molecule has 0 radical (unpaired) electrons. The number of nitrogens with zero attached hydrogens (tertiary/aromatic N) is 4. The molecule has 4 aromatic rings. The van der Waals surface area contributed by atoms with Crippen molar-refractivity contribution >= 4 is 63.7 Å². The van der Waals surface area contributed by atoms with Crippen LogP contribution in [-0.4, -0.2) is 15.8 Å². The maximum absolute atomic E-state index is 11.2. The molecule has 11 heteroatoms. The Kier molecular flexibility index (Phi) is 6.24. The van der Waals surface area contributed by atoms with Crippen molar-refractivity contribution < 1.29 is 9.34 Å². The first kappa shape index (κ1) is 21.3. The molecule has 0 aliphatic rings. The number of benzene rings is 2. The third-order valence-corrected chi connectivity index (χ3v) is 5.75. The fraction of sp³-hybridized carbons (Fsp3) is 0. The third-order valence-electron chi connectivity index (χ3n) is 4.07. The number of hydrogen-bond acceptors (Lipinski definition) is 6. The number of nitro groups is 1. The van der Waals surface area contributed by atoms with Gasteiger partial charge >= 0.3 is 0 Å². The van der Waals surface area contributed by atoms with Gasteiger partial charge in [0.15, 0.2) is 5.76 Å². The summed E-state index contributed by atoms with van der Waals surface area (Å²) in [6.45, 7) is 0. The van der Waals surface area contributed by atoms with Crippen LogP contribution in [0.15, 0.2) is 74.7 Å². The maximum atomic E-state index is 11.2. The summed E-state index contributed by atoms with van der Waals surface area (Å²) in [4.78, 5) is 15.7. The second kappa shape index (κ2) is 9.07. The zero-order valence-electron chi connectivity index (χ0n) is 15.4. The van der Waals surface area contributed by atoms with Crippen LogP contribution < -0.4 is 4.80 Å². The van der Waals surface area contributed by atoms with Crippen molar-refractivity contribution in [3.05, 3.63) is 95.7 Å². The van der Waals surface area contributed by atoms with Crippen LogP contribution in [0.5, 0.6) is 0 Å². The Balaban J connectivity index is 1.83. The average molecular weight is 494 g/mol. The van der Waals surface area contributed by atoms with Gasteiger partial charge in [-0.25, -0.2) is 9.67 Å². The normalized spacial score (nSPS) is 12.0. The summed E-state index contributed by atoms with van der Waals surface area (Å²) in [5.41, 5.74) is 1.46. The van der Waals surface area contributed by atoms with Gasteiger partial charge in [-0.15, -0.1) is 11.3 Å². The van der Waals surface area contributed by atoms with E-state index in [1.54, 1.807) is 47.3 Å². The molecule has 2 aromatic heterocycles. The summed E-state index contributed by atoms with van der Waals surface area (Å²) in [7, 11) is 0. The van der Waals surface area contributed by atoms with E-state index in [0.717, 1.165) is 0 Å². The molecule has 2 heterocycles. The van der Waals surface area contributed by atoms with E-state index in [9.17, 15) is 10.1 Å². The molecule has 0 bridgehead atoms. The summed E-state index contributed by atoms with van der Waals surface area (Å²) in [5, 5.41) is 18.4. The maximum Gasteiger partial charge on any atom is 0.288 e. The van der Waals surface area contributed by atoms with Crippen LogP contribution in [-0.2, 0) is 0 Å². The quantitative estimate of drug-likeness (QED) is 0.174. The molecule has 31 heavy (non-hydrogen) atoms. The Morgan fingerprint density at radius 1 is 1.10 bits per heavy atom. The highest BCUT2D eigenvalue weighted by Crippen LogP contribution is 2.28. The first-order chi connectivity index (χ1) is 14.9. The molecular weight excluding hydrogens is 483 g/mol. The Morgan fingerprint density at radius 2 is 1.94 bits per heavy atom. The molecule has 0 atom stereocenters. The number of thiazole rings is 1. The van der Waals surface area contributed by atoms with Crippen LogP contribution >= 0.6 is 46.1 Å². The molecule has 156 valence electrons. The molecule has 2 aromatic carbocycles. The van der Waals surface area contributed by atoms with Crippen LogP contribution in [0.2, 0.25) is 15.1 Å².